The maximum Gasteiger partial charge on any atom is 0.119 e. The lowest BCUT2D eigenvalue weighted by molar-refractivity contribution is 0.340. The van der Waals surface area contributed by atoms with Crippen molar-refractivity contribution in [3.05, 3.63) is 24.3 Å². The third-order valence-corrected chi connectivity index (χ3v) is 1.51. The lowest BCUT2D eigenvalue weighted by Crippen LogP contribution is -1.89. The molecule has 0 aliphatic rings. The van der Waals surface area contributed by atoms with Crippen LogP contribution in [0.25, 0.3) is 0 Å². The Hall–Kier alpha value is -1.84. The third-order valence-electron chi connectivity index (χ3n) is 1.51. The zero-order valence-corrected chi connectivity index (χ0v) is 8.05. The van der Waals surface area contributed by atoms with Crippen molar-refractivity contribution in [3.8, 4) is 5.75 Å². The second-order valence-corrected chi connectivity index (χ2v) is 2.47. The Morgan fingerprint density at radius 3 is 2.64 bits per heavy atom. The molecule has 0 fully saturated rings. The summed E-state index contributed by atoms with van der Waals surface area (Å²) in [5.74, 6) is 0.841. The molecule has 1 aromatic rings. The van der Waals surface area contributed by atoms with Crippen molar-refractivity contribution in [1.82, 2.24) is 0 Å². The lowest BCUT2D eigenvalue weighted by Gasteiger charge is -2.01. The van der Waals surface area contributed by atoms with E-state index in [0.717, 1.165) is 11.4 Å². The summed E-state index contributed by atoms with van der Waals surface area (Å²) < 4.78 is 5.28. The first kappa shape index (κ1) is 10.2. The largest absolute Gasteiger partial charge is 0.494 e. The molecule has 0 saturated carbocycles. The van der Waals surface area contributed by atoms with Gasteiger partial charge in [-0.2, -0.15) is 0 Å². The average molecular weight is 191 g/mol. The van der Waals surface area contributed by atoms with Gasteiger partial charge in [0.05, 0.1) is 18.6 Å². The van der Waals surface area contributed by atoms with Crippen molar-refractivity contribution in [2.45, 2.75) is 6.92 Å². The van der Waals surface area contributed by atoms with Crippen LogP contribution in [-0.4, -0.2) is 19.3 Å². The molecule has 0 amide bonds. The van der Waals surface area contributed by atoms with Gasteiger partial charge in [-0.3, -0.25) is 0 Å². The van der Waals surface area contributed by atoms with Crippen LogP contribution in [-0.2, 0) is 0 Å². The van der Waals surface area contributed by atoms with Gasteiger partial charge in [0, 0.05) is 0 Å². The summed E-state index contributed by atoms with van der Waals surface area (Å²) in [7, 11) is 0. The van der Waals surface area contributed by atoms with E-state index in [9.17, 15) is 0 Å². The second-order valence-electron chi connectivity index (χ2n) is 2.47. The minimum absolute atomic E-state index is 0.667. The molecule has 0 unspecified atom stereocenters. The Morgan fingerprint density at radius 2 is 2.07 bits per heavy atom. The topological polar surface area (TPSA) is 60.0 Å². The summed E-state index contributed by atoms with van der Waals surface area (Å²) in [6, 6.07) is 7.44. The van der Waals surface area contributed by atoms with Crippen LogP contribution in [0.2, 0.25) is 0 Å². The predicted octanol–water partition coefficient (Wildman–Crippen LogP) is 1.73. The van der Waals surface area contributed by atoms with Crippen molar-refractivity contribution in [2.24, 2.45) is 15.7 Å². The van der Waals surface area contributed by atoms with E-state index in [2.05, 4.69) is 9.98 Å². The SMILES string of the molecule is CCOc1ccc(N=CN=CN)cc1. The zero-order valence-electron chi connectivity index (χ0n) is 8.05. The number of benzene rings is 1. The molecule has 0 heterocycles. The van der Waals surface area contributed by atoms with Crippen LogP contribution in [0.5, 0.6) is 5.75 Å². The number of aliphatic imine (C=N–C) groups is 2. The van der Waals surface area contributed by atoms with Gasteiger partial charge in [0.1, 0.15) is 12.1 Å². The van der Waals surface area contributed by atoms with Gasteiger partial charge in [-0.25, -0.2) is 9.98 Å². The van der Waals surface area contributed by atoms with Gasteiger partial charge in [0.15, 0.2) is 0 Å². The summed E-state index contributed by atoms with van der Waals surface area (Å²) >= 11 is 0. The molecule has 1 rings (SSSR count). The summed E-state index contributed by atoms with van der Waals surface area (Å²) in [6.45, 7) is 2.61. The molecule has 1 aromatic carbocycles. The Kier molecular flexibility index (Phi) is 4.20. The molecule has 0 aliphatic heterocycles. The quantitative estimate of drug-likeness (QED) is 0.582. The van der Waals surface area contributed by atoms with Gasteiger partial charge in [-0.15, -0.1) is 0 Å². The van der Waals surface area contributed by atoms with Gasteiger partial charge >= 0.3 is 0 Å². The van der Waals surface area contributed by atoms with Crippen LogP contribution < -0.4 is 10.5 Å². The maximum absolute atomic E-state index is 5.28. The normalized spacial score (nSPS) is 11.2. The van der Waals surface area contributed by atoms with Crippen molar-refractivity contribution in [2.75, 3.05) is 6.61 Å². The fraction of sp³-hybridized carbons (Fsp3) is 0.200. The highest BCUT2D eigenvalue weighted by Gasteiger charge is 1.91. The molecule has 0 radical (unpaired) electrons. The second kappa shape index (κ2) is 5.75. The monoisotopic (exact) mass is 191 g/mol. The minimum Gasteiger partial charge on any atom is -0.494 e. The van der Waals surface area contributed by atoms with Crippen LogP contribution in [0.4, 0.5) is 5.69 Å². The summed E-state index contributed by atoms with van der Waals surface area (Å²) in [4.78, 5) is 7.69. The maximum atomic E-state index is 5.28. The highest BCUT2D eigenvalue weighted by atomic mass is 16.5. The van der Waals surface area contributed by atoms with Crippen molar-refractivity contribution >= 4 is 18.4 Å². The van der Waals surface area contributed by atoms with E-state index in [-0.39, 0.29) is 0 Å². The van der Waals surface area contributed by atoms with E-state index in [1.165, 1.54) is 12.7 Å². The smallest absolute Gasteiger partial charge is 0.119 e. The molecule has 0 spiro atoms. The van der Waals surface area contributed by atoms with Gasteiger partial charge < -0.3 is 10.5 Å². The van der Waals surface area contributed by atoms with E-state index in [1.807, 2.05) is 31.2 Å². The molecular weight excluding hydrogens is 178 g/mol. The van der Waals surface area contributed by atoms with Gasteiger partial charge in [0.25, 0.3) is 0 Å². The van der Waals surface area contributed by atoms with Crippen molar-refractivity contribution in [3.63, 3.8) is 0 Å². The fourth-order valence-electron chi connectivity index (χ4n) is 0.934. The first-order valence-corrected chi connectivity index (χ1v) is 4.35. The van der Waals surface area contributed by atoms with E-state index < -0.39 is 0 Å². The number of nitrogens with two attached hydrogens (primary N) is 1. The lowest BCUT2D eigenvalue weighted by atomic mass is 10.3. The Balaban J connectivity index is 2.63. The first-order chi connectivity index (χ1) is 6.86. The molecule has 4 nitrogen and oxygen atoms in total. The molecule has 14 heavy (non-hydrogen) atoms. The fourth-order valence-corrected chi connectivity index (χ4v) is 0.934. The average Bonchev–Trinajstić information content (AvgIpc) is 2.21. The third kappa shape index (κ3) is 3.26. The molecule has 0 bridgehead atoms. The molecule has 0 saturated heterocycles. The van der Waals surface area contributed by atoms with E-state index in [1.54, 1.807) is 0 Å². The zero-order chi connectivity index (χ0) is 10.2. The van der Waals surface area contributed by atoms with Gasteiger partial charge in [-0.1, -0.05) is 0 Å². The van der Waals surface area contributed by atoms with Crippen molar-refractivity contribution < 1.29 is 4.74 Å². The Morgan fingerprint density at radius 1 is 1.36 bits per heavy atom. The predicted molar refractivity (Wildman–Crippen MR) is 58.4 cm³/mol. The van der Waals surface area contributed by atoms with Crippen LogP contribution in [0.1, 0.15) is 6.92 Å². The summed E-state index contributed by atoms with van der Waals surface area (Å²) in [5, 5.41) is 0. The molecule has 0 aliphatic carbocycles. The highest BCUT2D eigenvalue weighted by Crippen LogP contribution is 2.17. The van der Waals surface area contributed by atoms with Crippen LogP contribution in [0.15, 0.2) is 34.3 Å². The number of hydrogen-bond acceptors (Lipinski definition) is 2. The number of hydrogen-bond donors (Lipinski definition) is 1. The molecule has 4 heteroatoms. The van der Waals surface area contributed by atoms with E-state index >= 15 is 0 Å². The number of nitrogens with zero attached hydrogens (tertiary/aromatic N) is 2. The molecule has 2 N–H and O–H groups in total. The van der Waals surface area contributed by atoms with E-state index in [4.69, 9.17) is 10.5 Å². The van der Waals surface area contributed by atoms with Crippen LogP contribution in [0, 0.1) is 0 Å². The van der Waals surface area contributed by atoms with Crippen LogP contribution >= 0.6 is 0 Å². The Bertz CT molecular complexity index is 317. The summed E-state index contributed by atoms with van der Waals surface area (Å²) in [6.07, 6.45) is 2.59. The van der Waals surface area contributed by atoms with Gasteiger partial charge in [0.2, 0.25) is 0 Å². The Labute approximate surface area is 83.1 Å². The van der Waals surface area contributed by atoms with Crippen molar-refractivity contribution in [1.29, 1.82) is 0 Å². The van der Waals surface area contributed by atoms with Gasteiger partial charge in [-0.05, 0) is 31.2 Å². The standard InChI is InChI=1S/C10H13N3O/c1-2-14-10-5-3-9(4-6-10)13-8-12-7-11/h3-8H,2H2,1H3,(H2,11,12,13). The highest BCUT2D eigenvalue weighted by molar-refractivity contribution is 5.72. The molecule has 0 atom stereocenters. The molecule has 0 aromatic heterocycles. The number of ether oxygens (including phenoxy) is 1. The first-order valence-electron chi connectivity index (χ1n) is 4.35. The van der Waals surface area contributed by atoms with E-state index in [0.29, 0.717) is 6.61 Å². The van der Waals surface area contributed by atoms with Crippen LogP contribution in [0.3, 0.4) is 0 Å². The molecular formula is C10H13N3O. The summed E-state index contributed by atoms with van der Waals surface area (Å²) in [5.41, 5.74) is 5.87. The molecule has 74 valence electrons. The minimum atomic E-state index is 0.667. The number of rotatable bonds is 4.